The van der Waals surface area contributed by atoms with E-state index in [9.17, 15) is 4.79 Å². The van der Waals surface area contributed by atoms with Gasteiger partial charge in [-0.2, -0.15) is 5.10 Å². The van der Waals surface area contributed by atoms with E-state index >= 15 is 0 Å². The lowest BCUT2D eigenvalue weighted by Gasteiger charge is -2.38. The van der Waals surface area contributed by atoms with Crippen molar-refractivity contribution in [2.45, 2.75) is 58.7 Å². The molecule has 19 heavy (non-hydrogen) atoms. The highest BCUT2D eigenvalue weighted by Crippen LogP contribution is 2.21. The van der Waals surface area contributed by atoms with Gasteiger partial charge in [0, 0.05) is 18.6 Å². The number of anilines is 1. The molecule has 1 amide bonds. The van der Waals surface area contributed by atoms with Crippen molar-refractivity contribution in [3.63, 3.8) is 0 Å². The highest BCUT2D eigenvalue weighted by Gasteiger charge is 2.28. The highest BCUT2D eigenvalue weighted by molar-refractivity contribution is 5.97. The van der Waals surface area contributed by atoms with Gasteiger partial charge in [0.25, 0.3) is 5.91 Å². The Hall–Kier alpha value is -1.56. The second-order valence-corrected chi connectivity index (χ2v) is 5.24. The van der Waals surface area contributed by atoms with Crippen molar-refractivity contribution >= 4 is 11.6 Å². The number of nitrogens with two attached hydrogens (primary N) is 1. The van der Waals surface area contributed by atoms with Crippen molar-refractivity contribution in [2.24, 2.45) is 0 Å². The van der Waals surface area contributed by atoms with Crippen LogP contribution < -0.4 is 11.2 Å². The van der Waals surface area contributed by atoms with Gasteiger partial charge in [-0.25, -0.2) is 5.01 Å². The van der Waals surface area contributed by atoms with E-state index in [-0.39, 0.29) is 5.91 Å². The molecule has 0 saturated carbocycles. The number of rotatable bonds is 3. The van der Waals surface area contributed by atoms with E-state index in [0.29, 0.717) is 30.0 Å². The third-order valence-corrected chi connectivity index (χ3v) is 3.81. The number of hydrogen-bond acceptors (Lipinski definition) is 4. The average molecular weight is 265 g/mol. The van der Waals surface area contributed by atoms with Crippen molar-refractivity contribution in [3.05, 3.63) is 11.9 Å². The summed E-state index contributed by atoms with van der Waals surface area (Å²) >= 11 is 0. The summed E-state index contributed by atoms with van der Waals surface area (Å²) in [6.07, 6.45) is 4.95. The Bertz CT molecular complexity index is 446. The Morgan fingerprint density at radius 3 is 2.68 bits per heavy atom. The van der Waals surface area contributed by atoms with Gasteiger partial charge in [-0.15, -0.1) is 0 Å². The second kappa shape index (κ2) is 5.61. The Kier molecular flexibility index (Phi) is 4.09. The van der Waals surface area contributed by atoms with Crippen molar-refractivity contribution in [1.29, 1.82) is 0 Å². The number of piperidine rings is 1. The molecule has 1 aromatic rings. The summed E-state index contributed by atoms with van der Waals surface area (Å²) < 4.78 is 1.63. The topological polar surface area (TPSA) is 76.2 Å². The number of nitrogen functional groups attached to an aromatic ring is 1. The van der Waals surface area contributed by atoms with Crippen LogP contribution in [0, 0.1) is 0 Å². The molecule has 2 unspecified atom stereocenters. The quantitative estimate of drug-likeness (QED) is 0.866. The minimum Gasteiger partial charge on any atom is -0.396 e. The van der Waals surface area contributed by atoms with Crippen LogP contribution in [-0.2, 0) is 6.54 Å². The first-order valence-corrected chi connectivity index (χ1v) is 6.95. The zero-order valence-electron chi connectivity index (χ0n) is 11.9. The number of carbonyl (C=O) groups excluding carboxylic acids is 1. The zero-order valence-corrected chi connectivity index (χ0v) is 11.9. The van der Waals surface area contributed by atoms with E-state index in [1.54, 1.807) is 4.68 Å². The summed E-state index contributed by atoms with van der Waals surface area (Å²) in [5.74, 6) is -0.169. The molecule has 0 radical (unpaired) electrons. The molecule has 1 fully saturated rings. The summed E-state index contributed by atoms with van der Waals surface area (Å²) in [7, 11) is 0. The van der Waals surface area contributed by atoms with Gasteiger partial charge < -0.3 is 5.73 Å². The molecule has 106 valence electrons. The fourth-order valence-electron chi connectivity index (χ4n) is 2.70. The molecule has 1 aliphatic heterocycles. The van der Waals surface area contributed by atoms with Gasteiger partial charge in [-0.05, 0) is 33.6 Å². The standard InChI is InChI=1S/C13H23N5O/c1-4-17-12(11(14)8-15-17)13(19)16-18-9(2)6-5-7-10(18)3/h8-10H,4-7,14H2,1-3H3,(H,16,19). The molecule has 6 nitrogen and oxygen atoms in total. The normalized spacial score (nSPS) is 24.4. The number of hydrazine groups is 1. The van der Waals surface area contributed by atoms with Crippen LogP contribution in [0.25, 0.3) is 0 Å². The van der Waals surface area contributed by atoms with E-state index < -0.39 is 0 Å². The molecular formula is C13H23N5O. The minimum atomic E-state index is -0.169. The van der Waals surface area contributed by atoms with Crippen molar-refractivity contribution in [1.82, 2.24) is 20.2 Å². The summed E-state index contributed by atoms with van der Waals surface area (Å²) in [5, 5.41) is 6.14. The minimum absolute atomic E-state index is 0.169. The van der Waals surface area contributed by atoms with Gasteiger partial charge in [0.1, 0.15) is 0 Å². The van der Waals surface area contributed by atoms with Crippen LogP contribution in [0.2, 0.25) is 0 Å². The SMILES string of the molecule is CCn1ncc(N)c1C(=O)NN1C(C)CCCC1C. The number of nitrogens with one attached hydrogen (secondary N) is 1. The second-order valence-electron chi connectivity index (χ2n) is 5.24. The summed E-state index contributed by atoms with van der Waals surface area (Å²) in [6, 6.07) is 0.707. The van der Waals surface area contributed by atoms with Gasteiger partial charge in [0.05, 0.1) is 11.9 Å². The van der Waals surface area contributed by atoms with Crippen LogP contribution in [0.5, 0.6) is 0 Å². The van der Waals surface area contributed by atoms with E-state index in [1.807, 2.05) is 11.9 Å². The molecule has 1 aliphatic rings. The number of hydrogen-bond donors (Lipinski definition) is 2. The Morgan fingerprint density at radius 1 is 1.47 bits per heavy atom. The number of amides is 1. The average Bonchev–Trinajstić information content (AvgIpc) is 2.75. The van der Waals surface area contributed by atoms with Crippen LogP contribution in [0.3, 0.4) is 0 Å². The Balaban J connectivity index is 2.14. The smallest absolute Gasteiger partial charge is 0.285 e. The summed E-state index contributed by atoms with van der Waals surface area (Å²) in [4.78, 5) is 12.4. The van der Waals surface area contributed by atoms with Crippen LogP contribution in [0.4, 0.5) is 5.69 Å². The van der Waals surface area contributed by atoms with E-state index in [4.69, 9.17) is 5.73 Å². The first-order valence-electron chi connectivity index (χ1n) is 6.95. The first-order chi connectivity index (χ1) is 9.04. The lowest BCUT2D eigenvalue weighted by Crippen LogP contribution is -2.54. The molecule has 2 atom stereocenters. The Morgan fingerprint density at radius 2 is 2.11 bits per heavy atom. The number of aromatic nitrogens is 2. The zero-order chi connectivity index (χ0) is 14.0. The van der Waals surface area contributed by atoms with Crippen molar-refractivity contribution in [3.8, 4) is 0 Å². The van der Waals surface area contributed by atoms with Crippen LogP contribution in [0.1, 0.15) is 50.5 Å². The molecule has 1 aromatic heterocycles. The summed E-state index contributed by atoms with van der Waals surface area (Å²) in [6.45, 7) is 6.84. The van der Waals surface area contributed by atoms with E-state index in [2.05, 4.69) is 24.4 Å². The summed E-state index contributed by atoms with van der Waals surface area (Å²) in [5.41, 5.74) is 9.70. The highest BCUT2D eigenvalue weighted by atomic mass is 16.2. The maximum Gasteiger partial charge on any atom is 0.285 e. The van der Waals surface area contributed by atoms with Gasteiger partial charge >= 0.3 is 0 Å². The third-order valence-electron chi connectivity index (χ3n) is 3.81. The molecule has 2 heterocycles. The fourth-order valence-corrected chi connectivity index (χ4v) is 2.70. The van der Waals surface area contributed by atoms with Crippen LogP contribution >= 0.6 is 0 Å². The first kappa shape index (κ1) is 13.9. The van der Waals surface area contributed by atoms with Gasteiger partial charge in [0.2, 0.25) is 0 Å². The third kappa shape index (κ3) is 2.73. The van der Waals surface area contributed by atoms with Crippen LogP contribution in [-0.4, -0.2) is 32.8 Å². The lowest BCUT2D eigenvalue weighted by molar-refractivity contribution is 0.0363. The molecule has 0 aromatic carbocycles. The monoisotopic (exact) mass is 265 g/mol. The van der Waals surface area contributed by atoms with Crippen molar-refractivity contribution < 1.29 is 4.79 Å². The molecule has 6 heteroatoms. The molecular weight excluding hydrogens is 242 g/mol. The molecule has 1 saturated heterocycles. The Labute approximate surface area is 113 Å². The van der Waals surface area contributed by atoms with Crippen LogP contribution in [0.15, 0.2) is 6.20 Å². The van der Waals surface area contributed by atoms with Crippen molar-refractivity contribution in [2.75, 3.05) is 5.73 Å². The molecule has 3 N–H and O–H groups in total. The molecule has 0 bridgehead atoms. The molecule has 2 rings (SSSR count). The number of aryl methyl sites for hydroxylation is 1. The van der Waals surface area contributed by atoms with Gasteiger partial charge in [0.15, 0.2) is 5.69 Å². The largest absolute Gasteiger partial charge is 0.396 e. The lowest BCUT2D eigenvalue weighted by atomic mass is 10.00. The number of nitrogens with zero attached hydrogens (tertiary/aromatic N) is 3. The predicted molar refractivity (Wildman–Crippen MR) is 74.4 cm³/mol. The molecule has 0 spiro atoms. The van der Waals surface area contributed by atoms with Gasteiger partial charge in [-0.1, -0.05) is 6.42 Å². The maximum atomic E-state index is 12.4. The number of carbonyl (C=O) groups is 1. The van der Waals surface area contributed by atoms with E-state index in [0.717, 1.165) is 12.8 Å². The van der Waals surface area contributed by atoms with E-state index in [1.165, 1.54) is 12.6 Å². The maximum absolute atomic E-state index is 12.4. The van der Waals surface area contributed by atoms with Gasteiger partial charge in [-0.3, -0.25) is 14.9 Å². The predicted octanol–water partition coefficient (Wildman–Crippen LogP) is 1.39. The molecule has 0 aliphatic carbocycles. The fraction of sp³-hybridized carbons (Fsp3) is 0.692.